The highest BCUT2D eigenvalue weighted by Gasteiger charge is 2.08. The highest BCUT2D eigenvalue weighted by atomic mass is 35.5. The highest BCUT2D eigenvalue weighted by Crippen LogP contribution is 2.17. The number of urea groups is 2. The van der Waals surface area contributed by atoms with Crippen molar-refractivity contribution in [3.05, 3.63) is 83.9 Å². The maximum atomic E-state index is 12.4. The molecule has 0 aliphatic rings. The quantitative estimate of drug-likeness (QED) is 0.209. The average Bonchev–Trinajstić information content (AvgIpc) is 2.87. The van der Waals surface area contributed by atoms with Crippen LogP contribution in [0.4, 0.5) is 32.3 Å². The molecule has 0 atom stereocenters. The van der Waals surface area contributed by atoms with Crippen LogP contribution in [0.1, 0.15) is 11.1 Å². The number of carbonyl (C=O) groups excluding carboxylic acids is 2. The van der Waals surface area contributed by atoms with E-state index in [4.69, 9.17) is 0 Å². The highest BCUT2D eigenvalue weighted by molar-refractivity contribution is 6.03. The van der Waals surface area contributed by atoms with E-state index in [1.165, 1.54) is 0 Å². The molecule has 3 aromatic carbocycles. The molecule has 0 unspecified atom stereocenters. The van der Waals surface area contributed by atoms with Crippen molar-refractivity contribution in [2.45, 2.75) is 0 Å². The number of amidine groups is 2. The van der Waals surface area contributed by atoms with Crippen molar-refractivity contribution in [2.75, 3.05) is 49.5 Å². The van der Waals surface area contributed by atoms with Crippen LogP contribution in [-0.2, 0) is 0 Å². The van der Waals surface area contributed by atoms with Gasteiger partial charge in [0.15, 0.2) is 0 Å². The first kappa shape index (κ1) is 28.7. The molecule has 0 heterocycles. The topological polar surface area (TPSA) is 131 Å². The van der Waals surface area contributed by atoms with Crippen LogP contribution in [0.2, 0.25) is 0 Å². The van der Waals surface area contributed by atoms with Crippen LogP contribution in [-0.4, -0.2) is 51.9 Å². The minimum atomic E-state index is -0.404. The maximum absolute atomic E-state index is 12.4. The summed E-state index contributed by atoms with van der Waals surface area (Å²) in [5, 5.41) is 17.1. The Kier molecular flexibility index (Phi) is 10.9. The molecule has 6 N–H and O–H groups in total. The van der Waals surface area contributed by atoms with Gasteiger partial charge in [0.1, 0.15) is 11.7 Å². The lowest BCUT2D eigenvalue weighted by Crippen LogP contribution is -2.21. The zero-order valence-corrected chi connectivity index (χ0v) is 21.9. The first-order valence-corrected chi connectivity index (χ1v) is 11.2. The van der Waals surface area contributed by atoms with Crippen molar-refractivity contribution in [2.24, 2.45) is 9.98 Å². The Morgan fingerprint density at radius 2 is 0.919 bits per heavy atom. The van der Waals surface area contributed by atoms with Crippen molar-refractivity contribution in [1.82, 2.24) is 10.6 Å². The number of hydrogen-bond donors (Lipinski definition) is 6. The summed E-state index contributed by atoms with van der Waals surface area (Å²) in [5.74, 6) is 1.51. The fourth-order valence-corrected chi connectivity index (χ4v) is 3.45. The molecule has 4 amide bonds. The van der Waals surface area contributed by atoms with Crippen molar-refractivity contribution in [3.63, 3.8) is 0 Å². The molecule has 194 valence electrons. The number of carbonyl (C=O) groups is 2. The Bertz CT molecular complexity index is 1160. The van der Waals surface area contributed by atoms with Crippen molar-refractivity contribution >= 4 is 58.9 Å². The number of hydrogen-bond acceptors (Lipinski definition) is 4. The van der Waals surface area contributed by atoms with Crippen LogP contribution in [0.5, 0.6) is 0 Å². The van der Waals surface area contributed by atoms with Crippen LogP contribution in [0.3, 0.4) is 0 Å². The lowest BCUT2D eigenvalue weighted by molar-refractivity contribution is 0.261. The van der Waals surface area contributed by atoms with Gasteiger partial charge in [-0.1, -0.05) is 6.07 Å². The third-order valence-corrected chi connectivity index (χ3v) is 5.13. The molecule has 0 aromatic heterocycles. The van der Waals surface area contributed by atoms with Crippen LogP contribution < -0.4 is 31.9 Å². The van der Waals surface area contributed by atoms with Gasteiger partial charge in [0.25, 0.3) is 0 Å². The van der Waals surface area contributed by atoms with Gasteiger partial charge >= 0.3 is 12.1 Å². The molecule has 0 aliphatic carbocycles. The van der Waals surface area contributed by atoms with Gasteiger partial charge < -0.3 is 31.9 Å². The summed E-state index contributed by atoms with van der Waals surface area (Å²) >= 11 is 0. The summed E-state index contributed by atoms with van der Waals surface area (Å²) in [6, 6.07) is 20.7. The molecule has 0 radical (unpaired) electrons. The zero-order chi connectivity index (χ0) is 25.9. The van der Waals surface area contributed by atoms with Gasteiger partial charge in [-0.05, 0) is 66.7 Å². The maximum Gasteiger partial charge on any atom is 0.323 e. The van der Waals surface area contributed by atoms with E-state index in [-0.39, 0.29) is 12.4 Å². The van der Waals surface area contributed by atoms with E-state index in [1.54, 1.807) is 76.7 Å². The van der Waals surface area contributed by atoms with E-state index >= 15 is 0 Å². The second-order valence-corrected chi connectivity index (χ2v) is 7.54. The summed E-state index contributed by atoms with van der Waals surface area (Å²) in [6.07, 6.45) is 0. The molecular formula is C26H31ClN8O2. The second kappa shape index (κ2) is 14.1. The molecule has 37 heavy (non-hydrogen) atoms. The van der Waals surface area contributed by atoms with Crippen molar-refractivity contribution in [1.29, 1.82) is 0 Å². The average molecular weight is 523 g/mol. The molecule has 0 fully saturated rings. The summed E-state index contributed by atoms with van der Waals surface area (Å²) in [7, 11) is 7.01. The Hall–Kier alpha value is -4.57. The minimum absolute atomic E-state index is 0. The largest absolute Gasteiger partial charge is 0.373 e. The summed E-state index contributed by atoms with van der Waals surface area (Å²) in [4.78, 5) is 33.2. The lowest BCUT2D eigenvalue weighted by atomic mass is 10.2. The number of halogens is 1. The molecule has 0 aliphatic heterocycles. The molecule has 10 nitrogen and oxygen atoms in total. The number of amides is 4. The summed E-state index contributed by atoms with van der Waals surface area (Å²) in [6.45, 7) is 0. The Morgan fingerprint density at radius 1 is 0.568 bits per heavy atom. The van der Waals surface area contributed by atoms with E-state index < -0.39 is 12.1 Å². The molecular weight excluding hydrogens is 492 g/mol. The zero-order valence-electron chi connectivity index (χ0n) is 21.0. The molecule has 11 heteroatoms. The van der Waals surface area contributed by atoms with Crippen LogP contribution in [0.15, 0.2) is 82.8 Å². The summed E-state index contributed by atoms with van der Waals surface area (Å²) < 4.78 is 0. The first-order chi connectivity index (χ1) is 17.4. The normalized spacial score (nSPS) is 11.0. The van der Waals surface area contributed by atoms with Gasteiger partial charge in [0, 0.05) is 62.1 Å². The minimum Gasteiger partial charge on any atom is -0.373 e. The SMILES string of the molecule is CN=C(NC)c1ccc(NC(=O)Nc2cccc(NC(=O)Nc3ccc(C(=NC)NC)cc3)c2)cc1.Cl. The number of rotatable bonds is 6. The van der Waals surface area contributed by atoms with Gasteiger partial charge in [0.2, 0.25) is 0 Å². The second-order valence-electron chi connectivity index (χ2n) is 7.54. The van der Waals surface area contributed by atoms with Gasteiger partial charge in [-0.25, -0.2) is 9.59 Å². The molecule has 0 saturated heterocycles. The number of benzene rings is 3. The lowest BCUT2D eigenvalue weighted by Gasteiger charge is -2.12. The van der Waals surface area contributed by atoms with Gasteiger partial charge in [0.05, 0.1) is 0 Å². The van der Waals surface area contributed by atoms with E-state index in [0.29, 0.717) is 22.7 Å². The Labute approximate surface area is 222 Å². The van der Waals surface area contributed by atoms with Gasteiger partial charge in [-0.3, -0.25) is 9.98 Å². The third kappa shape index (κ3) is 8.25. The first-order valence-electron chi connectivity index (χ1n) is 11.2. The Balaban J connectivity index is 0.00000481. The molecule has 3 aromatic rings. The van der Waals surface area contributed by atoms with Crippen molar-refractivity contribution in [3.8, 4) is 0 Å². The molecule has 0 spiro atoms. The van der Waals surface area contributed by atoms with Crippen LogP contribution in [0.25, 0.3) is 0 Å². The number of aliphatic imine (C=N–C) groups is 2. The van der Waals surface area contributed by atoms with E-state index in [0.717, 1.165) is 22.8 Å². The molecule has 3 rings (SSSR count). The van der Waals surface area contributed by atoms with E-state index in [1.807, 2.05) is 24.3 Å². The standard InChI is InChI=1S/C26H30N8O2.ClH/c1-27-23(28-2)17-8-12-19(13-9-17)31-25(35)33-21-6-5-7-22(16-21)34-26(36)32-20-14-10-18(11-15-20)24(29-3)30-4;/h5-16H,1-4H3,(H,27,28)(H,29,30)(H2,31,33,35)(H2,32,34,36);1H. The molecule has 0 bridgehead atoms. The predicted molar refractivity (Wildman–Crippen MR) is 155 cm³/mol. The van der Waals surface area contributed by atoms with E-state index in [2.05, 4.69) is 41.9 Å². The van der Waals surface area contributed by atoms with Crippen LogP contribution >= 0.6 is 12.4 Å². The number of nitrogens with one attached hydrogen (secondary N) is 6. The van der Waals surface area contributed by atoms with Gasteiger partial charge in [-0.15, -0.1) is 12.4 Å². The fraction of sp³-hybridized carbons (Fsp3) is 0.154. The van der Waals surface area contributed by atoms with Crippen LogP contribution in [0, 0.1) is 0 Å². The van der Waals surface area contributed by atoms with Crippen molar-refractivity contribution < 1.29 is 9.59 Å². The predicted octanol–water partition coefficient (Wildman–Crippen LogP) is 4.59. The fourth-order valence-electron chi connectivity index (χ4n) is 3.45. The monoisotopic (exact) mass is 522 g/mol. The molecule has 0 saturated carbocycles. The van der Waals surface area contributed by atoms with E-state index in [9.17, 15) is 9.59 Å². The van der Waals surface area contributed by atoms with Gasteiger partial charge in [-0.2, -0.15) is 0 Å². The number of nitrogens with zero attached hydrogens (tertiary/aromatic N) is 2. The third-order valence-electron chi connectivity index (χ3n) is 5.13. The Morgan fingerprint density at radius 3 is 1.24 bits per heavy atom. The smallest absolute Gasteiger partial charge is 0.323 e. The number of anilines is 4. The summed E-state index contributed by atoms with van der Waals surface area (Å²) in [5.41, 5.74) is 4.15.